The van der Waals surface area contributed by atoms with Crippen LogP contribution in [0.1, 0.15) is 52.2 Å². The van der Waals surface area contributed by atoms with Gasteiger partial charge in [-0.2, -0.15) is 13.2 Å². The van der Waals surface area contributed by atoms with Crippen molar-refractivity contribution < 1.29 is 23.1 Å². The third-order valence-corrected chi connectivity index (χ3v) is 6.48. The van der Waals surface area contributed by atoms with Crippen LogP contribution in [-0.2, 0) is 25.6 Å². The summed E-state index contributed by atoms with van der Waals surface area (Å²) in [6.07, 6.45) is -1.99. The highest BCUT2D eigenvalue weighted by Gasteiger charge is 2.35. The second-order valence-corrected chi connectivity index (χ2v) is 9.57. The Kier molecular flexibility index (Phi) is 5.36. The number of thiophene rings is 1. The van der Waals surface area contributed by atoms with Crippen molar-refractivity contribution in [3.8, 4) is 10.4 Å². The topological polar surface area (TPSA) is 40.5 Å². The average molecular weight is 411 g/mol. The van der Waals surface area contributed by atoms with E-state index in [1.54, 1.807) is 19.0 Å². The van der Waals surface area contributed by atoms with E-state index in [4.69, 9.17) is 0 Å². The molecule has 2 aromatic rings. The van der Waals surface area contributed by atoms with Crippen molar-refractivity contribution in [1.82, 2.24) is 4.90 Å². The van der Waals surface area contributed by atoms with E-state index in [-0.39, 0.29) is 11.0 Å². The van der Waals surface area contributed by atoms with Gasteiger partial charge in [-0.1, -0.05) is 19.9 Å². The maximum atomic E-state index is 13.2. The molecule has 28 heavy (non-hydrogen) atoms. The molecule has 1 aliphatic carbocycles. The predicted molar refractivity (Wildman–Crippen MR) is 105 cm³/mol. The molecule has 0 saturated heterocycles. The molecule has 152 valence electrons. The smallest absolute Gasteiger partial charge is 0.416 e. The van der Waals surface area contributed by atoms with Crippen LogP contribution >= 0.6 is 11.3 Å². The highest BCUT2D eigenvalue weighted by molar-refractivity contribution is 7.16. The summed E-state index contributed by atoms with van der Waals surface area (Å²) in [5.74, 6) is -1.01. The molecule has 3 rings (SSSR count). The van der Waals surface area contributed by atoms with Crippen molar-refractivity contribution in [1.29, 1.82) is 0 Å². The summed E-state index contributed by atoms with van der Waals surface area (Å²) in [6, 6.07) is 3.61. The van der Waals surface area contributed by atoms with E-state index in [1.807, 2.05) is 0 Å². The number of alkyl halides is 3. The Bertz CT molecular complexity index is 913. The quantitative estimate of drug-likeness (QED) is 0.701. The molecule has 0 fully saturated rings. The first-order valence-electron chi connectivity index (χ1n) is 9.12. The van der Waals surface area contributed by atoms with Crippen LogP contribution in [0.4, 0.5) is 13.2 Å². The van der Waals surface area contributed by atoms with E-state index in [9.17, 15) is 23.1 Å². The van der Waals surface area contributed by atoms with Gasteiger partial charge in [0.05, 0.1) is 11.1 Å². The molecule has 0 atom stereocenters. The summed E-state index contributed by atoms with van der Waals surface area (Å²) >= 11 is 1.42. The highest BCUT2D eigenvalue weighted by atomic mass is 32.1. The normalized spacial score (nSPS) is 16.3. The van der Waals surface area contributed by atoms with Gasteiger partial charge >= 0.3 is 12.1 Å². The van der Waals surface area contributed by atoms with Crippen LogP contribution in [0.15, 0.2) is 18.2 Å². The van der Waals surface area contributed by atoms with Gasteiger partial charge in [0.25, 0.3) is 0 Å². The van der Waals surface area contributed by atoms with Crippen LogP contribution < -0.4 is 0 Å². The fraction of sp³-hybridized carbons (Fsp3) is 0.476. The average Bonchev–Trinajstić information content (AvgIpc) is 2.90. The lowest BCUT2D eigenvalue weighted by Crippen LogP contribution is -2.22. The molecule has 1 aromatic carbocycles. The SMILES string of the molecule is CN(C)Cc1cc(C(F)(F)F)ccc1-c1sc2c(c1C(=O)O)CC(C)(C)CC2. The van der Waals surface area contributed by atoms with Crippen LogP contribution in [0.25, 0.3) is 10.4 Å². The summed E-state index contributed by atoms with van der Waals surface area (Å²) in [4.78, 5) is 15.5. The summed E-state index contributed by atoms with van der Waals surface area (Å²) in [5, 5.41) is 9.91. The number of carbonyl (C=O) groups is 1. The number of fused-ring (bicyclic) bond motifs is 1. The second-order valence-electron chi connectivity index (χ2n) is 8.46. The minimum absolute atomic E-state index is 0.0160. The first-order valence-corrected chi connectivity index (χ1v) is 9.94. The Hall–Kier alpha value is -1.86. The van der Waals surface area contributed by atoms with Crippen molar-refractivity contribution in [2.75, 3.05) is 14.1 Å². The minimum atomic E-state index is -4.44. The lowest BCUT2D eigenvalue weighted by molar-refractivity contribution is -0.137. The summed E-state index contributed by atoms with van der Waals surface area (Å²) in [6.45, 7) is 4.54. The van der Waals surface area contributed by atoms with Gasteiger partial charge in [0.1, 0.15) is 0 Å². The molecule has 1 aliphatic rings. The van der Waals surface area contributed by atoms with E-state index < -0.39 is 17.7 Å². The number of benzene rings is 1. The molecule has 0 bridgehead atoms. The maximum Gasteiger partial charge on any atom is 0.416 e. The maximum absolute atomic E-state index is 13.2. The minimum Gasteiger partial charge on any atom is -0.478 e. The molecule has 1 aromatic heterocycles. The standard InChI is InChI=1S/C21H24F3NO2S/c1-20(2)8-7-16-15(10-20)17(19(26)27)18(28-16)14-6-5-13(21(22,23)24)9-12(14)11-25(3)4/h5-6,9H,7-8,10-11H2,1-4H3,(H,26,27). The molecule has 0 radical (unpaired) electrons. The van der Waals surface area contributed by atoms with Gasteiger partial charge in [-0.05, 0) is 67.6 Å². The monoisotopic (exact) mass is 411 g/mol. The van der Waals surface area contributed by atoms with E-state index in [0.29, 0.717) is 29.0 Å². The van der Waals surface area contributed by atoms with Crippen molar-refractivity contribution in [3.05, 3.63) is 45.3 Å². The van der Waals surface area contributed by atoms with Gasteiger partial charge in [-0.15, -0.1) is 11.3 Å². The Morgan fingerprint density at radius 1 is 1.29 bits per heavy atom. The molecule has 0 amide bonds. The fourth-order valence-electron chi connectivity index (χ4n) is 3.80. The largest absolute Gasteiger partial charge is 0.478 e. The second kappa shape index (κ2) is 7.19. The lowest BCUT2D eigenvalue weighted by Gasteiger charge is -2.29. The number of aryl methyl sites for hydroxylation is 1. The molecule has 0 unspecified atom stereocenters. The molecule has 0 saturated carbocycles. The van der Waals surface area contributed by atoms with Gasteiger partial charge < -0.3 is 10.0 Å². The third kappa shape index (κ3) is 4.10. The van der Waals surface area contributed by atoms with Gasteiger partial charge in [0.2, 0.25) is 0 Å². The highest BCUT2D eigenvalue weighted by Crippen LogP contribution is 2.46. The number of aromatic carboxylic acids is 1. The molecular formula is C21H24F3NO2S. The lowest BCUT2D eigenvalue weighted by atomic mass is 9.76. The molecule has 3 nitrogen and oxygen atoms in total. The number of nitrogens with zero attached hydrogens (tertiary/aromatic N) is 1. The van der Waals surface area contributed by atoms with E-state index in [1.165, 1.54) is 17.4 Å². The molecule has 1 heterocycles. The third-order valence-electron chi connectivity index (χ3n) is 5.15. The van der Waals surface area contributed by atoms with Crippen LogP contribution in [0.5, 0.6) is 0 Å². The van der Waals surface area contributed by atoms with Gasteiger partial charge in [-0.3, -0.25) is 0 Å². The molecule has 0 spiro atoms. The molecular weight excluding hydrogens is 387 g/mol. The number of halogens is 3. The van der Waals surface area contributed by atoms with Crippen LogP contribution in [0, 0.1) is 5.41 Å². The fourth-order valence-corrected chi connectivity index (χ4v) is 5.17. The number of carboxylic acids is 1. The van der Waals surface area contributed by atoms with Crippen LogP contribution in [-0.4, -0.2) is 30.1 Å². The van der Waals surface area contributed by atoms with Crippen LogP contribution in [0.3, 0.4) is 0 Å². The summed E-state index contributed by atoms with van der Waals surface area (Å²) < 4.78 is 39.6. The zero-order valence-electron chi connectivity index (χ0n) is 16.4. The van der Waals surface area contributed by atoms with Crippen molar-refractivity contribution in [2.45, 2.75) is 45.8 Å². The first kappa shape index (κ1) is 20.9. The van der Waals surface area contributed by atoms with Gasteiger partial charge in [0.15, 0.2) is 0 Å². The van der Waals surface area contributed by atoms with Crippen molar-refractivity contribution >= 4 is 17.3 Å². The molecule has 7 heteroatoms. The van der Waals surface area contributed by atoms with E-state index in [0.717, 1.165) is 35.4 Å². The number of rotatable bonds is 4. The Morgan fingerprint density at radius 3 is 2.54 bits per heavy atom. The first-order chi connectivity index (χ1) is 12.9. The summed E-state index contributed by atoms with van der Waals surface area (Å²) in [5.41, 5.74) is 1.47. The van der Waals surface area contributed by atoms with Crippen molar-refractivity contribution in [3.63, 3.8) is 0 Å². The number of carboxylic acid groups (broad SMARTS) is 1. The number of hydrogen-bond acceptors (Lipinski definition) is 3. The predicted octanol–water partition coefficient (Wildman–Crippen LogP) is 5.71. The Balaban J connectivity index is 2.21. The van der Waals surface area contributed by atoms with E-state index in [2.05, 4.69) is 13.8 Å². The van der Waals surface area contributed by atoms with E-state index >= 15 is 0 Å². The molecule has 1 N–H and O–H groups in total. The Morgan fingerprint density at radius 2 is 1.96 bits per heavy atom. The zero-order chi connectivity index (χ0) is 20.9. The van der Waals surface area contributed by atoms with Crippen molar-refractivity contribution in [2.24, 2.45) is 5.41 Å². The zero-order valence-corrected chi connectivity index (χ0v) is 17.2. The molecule has 0 aliphatic heterocycles. The van der Waals surface area contributed by atoms with Gasteiger partial charge in [-0.25, -0.2) is 4.79 Å². The van der Waals surface area contributed by atoms with Crippen LogP contribution in [0.2, 0.25) is 0 Å². The Labute approximate surface area is 166 Å². The van der Waals surface area contributed by atoms with Gasteiger partial charge in [0, 0.05) is 16.3 Å². The summed E-state index contributed by atoms with van der Waals surface area (Å²) in [7, 11) is 3.56. The number of hydrogen-bond donors (Lipinski definition) is 1.